The Labute approximate surface area is 83.3 Å². The zero-order valence-corrected chi connectivity index (χ0v) is 8.16. The Morgan fingerprint density at radius 3 is 2.86 bits per heavy atom. The van der Waals surface area contributed by atoms with Crippen LogP contribution in [0.4, 0.5) is 0 Å². The van der Waals surface area contributed by atoms with Gasteiger partial charge in [0.15, 0.2) is 0 Å². The van der Waals surface area contributed by atoms with Gasteiger partial charge in [-0.3, -0.25) is 0 Å². The van der Waals surface area contributed by atoms with Crippen molar-refractivity contribution in [2.24, 2.45) is 0 Å². The molecular formula is C11H12N2O. The third-order valence-corrected chi connectivity index (χ3v) is 2.90. The minimum Gasteiger partial charge on any atom is -0.481 e. The zero-order chi connectivity index (χ0) is 10.0. The summed E-state index contributed by atoms with van der Waals surface area (Å²) in [5, 5.41) is 9.18. The van der Waals surface area contributed by atoms with E-state index in [1.165, 1.54) is 0 Å². The first-order chi connectivity index (χ1) is 6.82. The molecule has 0 amide bonds. The average Bonchev–Trinajstić information content (AvgIpc) is 2.18. The van der Waals surface area contributed by atoms with E-state index in [0.29, 0.717) is 5.88 Å². The van der Waals surface area contributed by atoms with Crippen LogP contribution in [0, 0.1) is 11.3 Å². The Kier molecular flexibility index (Phi) is 2.12. The van der Waals surface area contributed by atoms with Gasteiger partial charge in [-0.05, 0) is 25.3 Å². The van der Waals surface area contributed by atoms with Crippen molar-refractivity contribution in [3.63, 3.8) is 0 Å². The normalized spacial score (nSPS) is 18.0. The van der Waals surface area contributed by atoms with Crippen molar-refractivity contribution in [2.75, 3.05) is 7.11 Å². The van der Waals surface area contributed by atoms with Crippen molar-refractivity contribution < 1.29 is 4.74 Å². The molecule has 0 bridgehead atoms. The van der Waals surface area contributed by atoms with Crippen LogP contribution in [0.2, 0.25) is 0 Å². The molecule has 3 nitrogen and oxygen atoms in total. The summed E-state index contributed by atoms with van der Waals surface area (Å²) in [6, 6.07) is 6.18. The number of hydrogen-bond donors (Lipinski definition) is 0. The van der Waals surface area contributed by atoms with Gasteiger partial charge in [0, 0.05) is 11.8 Å². The Hall–Kier alpha value is -1.56. The molecule has 0 atom stereocenters. The predicted molar refractivity (Wildman–Crippen MR) is 51.9 cm³/mol. The van der Waals surface area contributed by atoms with Crippen LogP contribution in [0.15, 0.2) is 18.3 Å². The maximum atomic E-state index is 9.18. The molecule has 3 heteroatoms. The molecule has 1 aliphatic carbocycles. The highest BCUT2D eigenvalue weighted by molar-refractivity contribution is 5.41. The summed E-state index contributed by atoms with van der Waals surface area (Å²) in [6.07, 6.45) is 4.65. The Bertz CT molecular complexity index is 377. The molecule has 1 heterocycles. The fourth-order valence-electron chi connectivity index (χ4n) is 1.89. The van der Waals surface area contributed by atoms with Crippen molar-refractivity contribution in [2.45, 2.75) is 24.7 Å². The van der Waals surface area contributed by atoms with Crippen molar-refractivity contribution in [1.82, 2.24) is 4.98 Å². The van der Waals surface area contributed by atoms with E-state index in [-0.39, 0.29) is 5.41 Å². The second-order valence-corrected chi connectivity index (χ2v) is 3.61. The highest BCUT2D eigenvalue weighted by atomic mass is 16.5. The lowest BCUT2D eigenvalue weighted by Gasteiger charge is -2.35. The molecule has 0 N–H and O–H groups in total. The van der Waals surface area contributed by atoms with Crippen LogP contribution in [-0.2, 0) is 5.41 Å². The van der Waals surface area contributed by atoms with Gasteiger partial charge < -0.3 is 4.74 Å². The van der Waals surface area contributed by atoms with Gasteiger partial charge in [-0.2, -0.15) is 5.26 Å². The molecule has 0 aromatic carbocycles. The van der Waals surface area contributed by atoms with Crippen LogP contribution in [0.3, 0.4) is 0 Å². The lowest BCUT2D eigenvalue weighted by atomic mass is 9.66. The van der Waals surface area contributed by atoms with E-state index in [0.717, 1.165) is 24.8 Å². The summed E-state index contributed by atoms with van der Waals surface area (Å²) in [5.74, 6) is 0.591. The zero-order valence-electron chi connectivity index (χ0n) is 8.16. The molecule has 14 heavy (non-hydrogen) atoms. The molecule has 2 rings (SSSR count). The van der Waals surface area contributed by atoms with Gasteiger partial charge in [-0.25, -0.2) is 4.98 Å². The monoisotopic (exact) mass is 188 g/mol. The smallest absolute Gasteiger partial charge is 0.217 e. The maximum Gasteiger partial charge on any atom is 0.217 e. The molecule has 72 valence electrons. The van der Waals surface area contributed by atoms with Gasteiger partial charge >= 0.3 is 0 Å². The Morgan fingerprint density at radius 2 is 2.36 bits per heavy atom. The molecule has 0 saturated heterocycles. The van der Waals surface area contributed by atoms with Crippen molar-refractivity contribution in [3.05, 3.63) is 23.9 Å². The number of pyridine rings is 1. The number of aromatic nitrogens is 1. The van der Waals surface area contributed by atoms with Gasteiger partial charge in [0.2, 0.25) is 5.88 Å². The van der Waals surface area contributed by atoms with Crippen LogP contribution in [0.1, 0.15) is 24.8 Å². The van der Waals surface area contributed by atoms with Crippen molar-refractivity contribution in [1.29, 1.82) is 5.26 Å². The van der Waals surface area contributed by atoms with Gasteiger partial charge in [-0.1, -0.05) is 6.07 Å². The van der Waals surface area contributed by atoms with E-state index in [2.05, 4.69) is 11.1 Å². The minimum atomic E-state index is -0.334. The van der Waals surface area contributed by atoms with Gasteiger partial charge in [0.05, 0.1) is 18.6 Å². The average molecular weight is 188 g/mol. The minimum absolute atomic E-state index is 0.334. The number of rotatable bonds is 2. The highest BCUT2D eigenvalue weighted by Crippen LogP contribution is 2.45. The molecule has 1 saturated carbocycles. The largest absolute Gasteiger partial charge is 0.481 e. The molecule has 0 radical (unpaired) electrons. The number of hydrogen-bond acceptors (Lipinski definition) is 3. The van der Waals surface area contributed by atoms with E-state index in [1.807, 2.05) is 12.1 Å². The molecule has 1 aromatic heterocycles. The second kappa shape index (κ2) is 3.30. The van der Waals surface area contributed by atoms with E-state index in [1.54, 1.807) is 13.3 Å². The molecule has 1 aliphatic rings. The fraction of sp³-hybridized carbons (Fsp3) is 0.455. The number of methoxy groups -OCH3 is 1. The molecule has 1 aromatic rings. The molecule has 0 aliphatic heterocycles. The molecular weight excluding hydrogens is 176 g/mol. The summed E-state index contributed by atoms with van der Waals surface area (Å²) in [5.41, 5.74) is 0.607. The summed E-state index contributed by atoms with van der Waals surface area (Å²) in [4.78, 5) is 4.12. The first-order valence-corrected chi connectivity index (χ1v) is 4.73. The molecule has 0 spiro atoms. The fourth-order valence-corrected chi connectivity index (χ4v) is 1.89. The Balaban J connectivity index is 2.45. The van der Waals surface area contributed by atoms with Crippen LogP contribution in [0.25, 0.3) is 0 Å². The highest BCUT2D eigenvalue weighted by Gasteiger charge is 2.41. The summed E-state index contributed by atoms with van der Waals surface area (Å²) in [6.45, 7) is 0. The van der Waals surface area contributed by atoms with E-state index >= 15 is 0 Å². The second-order valence-electron chi connectivity index (χ2n) is 3.61. The van der Waals surface area contributed by atoms with E-state index in [9.17, 15) is 5.26 Å². The quantitative estimate of drug-likeness (QED) is 0.713. The van der Waals surface area contributed by atoms with Crippen LogP contribution in [0.5, 0.6) is 5.88 Å². The third kappa shape index (κ3) is 1.15. The lowest BCUT2D eigenvalue weighted by molar-refractivity contribution is 0.302. The number of nitriles is 1. The van der Waals surface area contributed by atoms with Gasteiger partial charge in [0.25, 0.3) is 0 Å². The first kappa shape index (κ1) is 9.01. The van der Waals surface area contributed by atoms with Crippen LogP contribution in [-0.4, -0.2) is 12.1 Å². The van der Waals surface area contributed by atoms with Crippen LogP contribution < -0.4 is 4.74 Å². The lowest BCUT2D eigenvalue weighted by Crippen LogP contribution is -2.32. The summed E-state index contributed by atoms with van der Waals surface area (Å²) in [7, 11) is 1.59. The van der Waals surface area contributed by atoms with Gasteiger partial charge in [-0.15, -0.1) is 0 Å². The summed E-state index contributed by atoms with van der Waals surface area (Å²) < 4.78 is 5.17. The third-order valence-electron chi connectivity index (χ3n) is 2.90. The summed E-state index contributed by atoms with van der Waals surface area (Å²) >= 11 is 0. The van der Waals surface area contributed by atoms with Crippen molar-refractivity contribution >= 4 is 0 Å². The molecule has 1 fully saturated rings. The van der Waals surface area contributed by atoms with Gasteiger partial charge in [0.1, 0.15) is 0 Å². The first-order valence-electron chi connectivity index (χ1n) is 4.73. The standard InChI is InChI=1S/C11H12N2O/c1-14-10-9(4-2-7-13-10)11(8-12)5-3-6-11/h2,4,7H,3,5-6H2,1H3. The van der Waals surface area contributed by atoms with Crippen LogP contribution >= 0.6 is 0 Å². The predicted octanol–water partition coefficient (Wildman–Crippen LogP) is 2.04. The van der Waals surface area contributed by atoms with Crippen molar-refractivity contribution in [3.8, 4) is 11.9 Å². The molecule has 0 unspecified atom stereocenters. The SMILES string of the molecule is COc1ncccc1C1(C#N)CCC1. The number of nitrogens with zero attached hydrogens (tertiary/aromatic N) is 2. The number of ether oxygens (including phenoxy) is 1. The van der Waals surface area contributed by atoms with E-state index < -0.39 is 0 Å². The Morgan fingerprint density at radius 1 is 1.57 bits per heavy atom. The maximum absolute atomic E-state index is 9.18. The topological polar surface area (TPSA) is 45.9 Å². The van der Waals surface area contributed by atoms with E-state index in [4.69, 9.17) is 4.74 Å².